The molecule has 8 nitrogen and oxygen atoms in total. The van der Waals surface area contributed by atoms with Crippen LogP contribution in [-0.2, 0) is 36.5 Å². The molecule has 18 heavy (non-hydrogen) atoms. The number of carbonyl (C=O) groups is 4. The zero-order chi connectivity index (χ0) is 14.3. The van der Waals surface area contributed by atoms with Gasteiger partial charge in [0, 0.05) is 44.1 Å². The molecule has 0 fully saturated rings. The van der Waals surface area contributed by atoms with Gasteiger partial charge in [-0.05, 0) is 6.92 Å². The Labute approximate surface area is 158 Å². The molecule has 0 radical (unpaired) electrons. The predicted molar refractivity (Wildman–Crippen MR) is 50.6 cm³/mol. The average Bonchev–Trinajstić information content (AvgIpc) is 1.76. The van der Waals surface area contributed by atoms with Gasteiger partial charge < -0.3 is 25.2 Å². The SMILES string of the molecule is CC(=O)O.CC(=O)O.CC(=O)O.CC(=O)[O-].[Cr].[K+]. The Kier molecular flexibility index (Phi) is 60.7. The Morgan fingerprint density at radius 2 is 0.722 bits per heavy atom. The molecule has 0 aliphatic rings. The molecule has 102 valence electrons. The molecule has 10 heteroatoms. The third-order valence-corrected chi connectivity index (χ3v) is 0. The van der Waals surface area contributed by atoms with Gasteiger partial charge in [0.25, 0.3) is 17.9 Å². The van der Waals surface area contributed by atoms with Gasteiger partial charge in [-0.2, -0.15) is 0 Å². The van der Waals surface area contributed by atoms with E-state index in [2.05, 4.69) is 0 Å². The van der Waals surface area contributed by atoms with Crippen molar-refractivity contribution in [3.63, 3.8) is 0 Å². The van der Waals surface area contributed by atoms with E-state index in [1.54, 1.807) is 0 Å². The van der Waals surface area contributed by atoms with Crippen LogP contribution in [0.4, 0.5) is 0 Å². The van der Waals surface area contributed by atoms with Crippen molar-refractivity contribution in [1.29, 1.82) is 0 Å². The van der Waals surface area contributed by atoms with Gasteiger partial charge in [0.1, 0.15) is 0 Å². The zero-order valence-electron chi connectivity index (χ0n) is 10.8. The summed E-state index contributed by atoms with van der Waals surface area (Å²) in [6.45, 7) is 4.22. The number of aliphatic carboxylic acids is 4. The molecule has 0 saturated heterocycles. The summed E-state index contributed by atoms with van der Waals surface area (Å²) in [5.74, 6) is -3.58. The van der Waals surface area contributed by atoms with Gasteiger partial charge >= 0.3 is 51.4 Å². The summed E-state index contributed by atoms with van der Waals surface area (Å²) < 4.78 is 0. The van der Waals surface area contributed by atoms with Crippen molar-refractivity contribution in [2.24, 2.45) is 0 Å². The molecule has 0 bridgehead atoms. The van der Waals surface area contributed by atoms with Crippen molar-refractivity contribution in [2.45, 2.75) is 27.7 Å². The molecule has 0 atom stereocenters. The average molecular weight is 330 g/mol. The first-order chi connectivity index (χ1) is 6.93. The van der Waals surface area contributed by atoms with Crippen molar-refractivity contribution >= 4 is 23.9 Å². The summed E-state index contributed by atoms with van der Waals surface area (Å²) in [4.78, 5) is 35.9. The van der Waals surface area contributed by atoms with Crippen LogP contribution in [0.2, 0.25) is 0 Å². The maximum Gasteiger partial charge on any atom is 1.00 e. The first kappa shape index (κ1) is 36.1. The normalized spacial score (nSPS) is 5.56. The molecule has 0 amide bonds. The molecule has 0 heterocycles. The van der Waals surface area contributed by atoms with E-state index < -0.39 is 23.9 Å². The van der Waals surface area contributed by atoms with Crippen molar-refractivity contribution in [1.82, 2.24) is 0 Å². The zero-order valence-corrected chi connectivity index (χ0v) is 15.2. The first-order valence-corrected chi connectivity index (χ1v) is 3.69. The standard InChI is InChI=1S/4C2H4O2.Cr.K/c4*1-2(3)4;;/h4*1H3,(H,3,4);;/q;;;;;+1/p-1. The van der Waals surface area contributed by atoms with E-state index in [0.29, 0.717) is 0 Å². The Morgan fingerprint density at radius 3 is 0.722 bits per heavy atom. The van der Waals surface area contributed by atoms with E-state index in [1.165, 1.54) is 0 Å². The van der Waals surface area contributed by atoms with Gasteiger partial charge in [-0.15, -0.1) is 0 Å². The number of hydrogen-bond donors (Lipinski definition) is 3. The second kappa shape index (κ2) is 30.2. The first-order valence-electron chi connectivity index (χ1n) is 3.69. The molecule has 0 spiro atoms. The van der Waals surface area contributed by atoms with Crippen molar-refractivity contribution in [3.8, 4) is 0 Å². The monoisotopic (exact) mass is 330 g/mol. The van der Waals surface area contributed by atoms with Gasteiger partial charge in [0.05, 0.1) is 0 Å². The molecule has 0 aromatic carbocycles. The van der Waals surface area contributed by atoms with Crippen LogP contribution in [0.5, 0.6) is 0 Å². The van der Waals surface area contributed by atoms with Gasteiger partial charge in [-0.3, -0.25) is 14.4 Å². The van der Waals surface area contributed by atoms with Gasteiger partial charge in [0.15, 0.2) is 0 Å². The molecular formula is C8H15CrKO8. The third kappa shape index (κ3) is 1520000. The second-order valence-electron chi connectivity index (χ2n) is 2.05. The van der Waals surface area contributed by atoms with Gasteiger partial charge in [0.2, 0.25) is 0 Å². The summed E-state index contributed by atoms with van der Waals surface area (Å²) in [5, 5.41) is 31.1. The van der Waals surface area contributed by atoms with Crippen molar-refractivity contribution in [3.05, 3.63) is 0 Å². The van der Waals surface area contributed by atoms with E-state index in [0.717, 1.165) is 27.7 Å². The molecule has 0 saturated carbocycles. The number of hydrogen-bond acceptors (Lipinski definition) is 5. The van der Waals surface area contributed by atoms with Crippen molar-refractivity contribution < 1.29 is 108 Å². The fraction of sp³-hybridized carbons (Fsp3) is 0.500. The van der Waals surface area contributed by atoms with Crippen LogP contribution >= 0.6 is 0 Å². The molecule has 0 unspecified atom stereocenters. The smallest absolute Gasteiger partial charge is 0.550 e. The Bertz CT molecular complexity index is 167. The van der Waals surface area contributed by atoms with Crippen LogP contribution in [0.1, 0.15) is 27.7 Å². The number of carbonyl (C=O) groups excluding carboxylic acids is 1. The minimum atomic E-state index is -1.08. The maximum absolute atomic E-state index is 9.00. The molecule has 3 N–H and O–H groups in total. The van der Waals surface area contributed by atoms with Gasteiger partial charge in [-0.25, -0.2) is 0 Å². The Balaban J connectivity index is -0.0000000257. The number of carboxylic acid groups (broad SMARTS) is 4. The summed E-state index contributed by atoms with van der Waals surface area (Å²) in [5.41, 5.74) is 0. The van der Waals surface area contributed by atoms with Crippen LogP contribution in [0, 0.1) is 0 Å². The second-order valence-corrected chi connectivity index (χ2v) is 2.05. The van der Waals surface area contributed by atoms with Crippen LogP contribution < -0.4 is 56.5 Å². The van der Waals surface area contributed by atoms with E-state index >= 15 is 0 Å². The summed E-state index contributed by atoms with van der Waals surface area (Å²) in [7, 11) is 0. The molecule has 0 aliphatic carbocycles. The van der Waals surface area contributed by atoms with Gasteiger partial charge in [-0.1, -0.05) is 0 Å². The number of carboxylic acids is 4. The van der Waals surface area contributed by atoms with Crippen LogP contribution in [-0.4, -0.2) is 39.2 Å². The summed E-state index contributed by atoms with van der Waals surface area (Å²) in [6.07, 6.45) is 0. The van der Waals surface area contributed by atoms with Crippen LogP contribution in [0.3, 0.4) is 0 Å². The Morgan fingerprint density at radius 1 is 0.722 bits per heavy atom. The minimum absolute atomic E-state index is 0. The molecule has 0 rings (SSSR count). The fourth-order valence-corrected chi connectivity index (χ4v) is 0. The largest absolute Gasteiger partial charge is 1.00 e. The van der Waals surface area contributed by atoms with E-state index in [-0.39, 0.29) is 68.7 Å². The quantitative estimate of drug-likeness (QED) is 0.380. The van der Waals surface area contributed by atoms with E-state index in [4.69, 9.17) is 39.6 Å². The maximum atomic E-state index is 9.00. The van der Waals surface area contributed by atoms with Crippen LogP contribution in [0.25, 0.3) is 0 Å². The topological polar surface area (TPSA) is 152 Å². The minimum Gasteiger partial charge on any atom is -0.550 e. The Hall–Kier alpha value is 0.0488. The third-order valence-electron chi connectivity index (χ3n) is 0. The molecule has 0 aromatic heterocycles. The van der Waals surface area contributed by atoms with Crippen LogP contribution in [0.15, 0.2) is 0 Å². The van der Waals surface area contributed by atoms with E-state index in [9.17, 15) is 0 Å². The number of rotatable bonds is 0. The summed E-state index contributed by atoms with van der Waals surface area (Å²) in [6, 6.07) is 0. The summed E-state index contributed by atoms with van der Waals surface area (Å²) >= 11 is 0. The van der Waals surface area contributed by atoms with E-state index in [1.807, 2.05) is 0 Å². The molecule has 0 aliphatic heterocycles. The molecule has 0 aromatic rings. The fourth-order valence-electron chi connectivity index (χ4n) is 0. The van der Waals surface area contributed by atoms with Crippen molar-refractivity contribution in [2.75, 3.05) is 0 Å². The predicted octanol–water partition coefficient (Wildman–Crippen LogP) is -3.97. The molecular weight excluding hydrogens is 315 g/mol.